The lowest BCUT2D eigenvalue weighted by atomic mass is 10.1. The van der Waals surface area contributed by atoms with Gasteiger partial charge in [0.05, 0.1) is 11.8 Å². The van der Waals surface area contributed by atoms with E-state index in [-0.39, 0.29) is 11.9 Å². The fourth-order valence-corrected chi connectivity index (χ4v) is 4.60. The lowest BCUT2D eigenvalue weighted by molar-refractivity contribution is -0.119. The summed E-state index contributed by atoms with van der Waals surface area (Å²) in [5.41, 5.74) is 3.47. The van der Waals surface area contributed by atoms with Gasteiger partial charge in [-0.1, -0.05) is 35.2 Å². The SMILES string of the molecule is Cc1ccc(Nc2nnc(SCC(=O)NC(C)c3cccs3)s2)cc1C. The number of anilines is 2. The lowest BCUT2D eigenvalue weighted by Crippen LogP contribution is -2.27. The molecule has 0 bridgehead atoms. The average Bonchev–Trinajstić information content (AvgIpc) is 3.28. The lowest BCUT2D eigenvalue weighted by Gasteiger charge is -2.11. The van der Waals surface area contributed by atoms with Crippen LogP contribution in [0, 0.1) is 13.8 Å². The number of carbonyl (C=O) groups is 1. The Morgan fingerprint density at radius 1 is 1.23 bits per heavy atom. The van der Waals surface area contributed by atoms with Crippen LogP contribution < -0.4 is 10.6 Å². The summed E-state index contributed by atoms with van der Waals surface area (Å²) in [6.07, 6.45) is 0. The van der Waals surface area contributed by atoms with Crippen molar-refractivity contribution in [3.8, 4) is 0 Å². The number of aryl methyl sites for hydroxylation is 2. The molecular formula is C18H20N4OS3. The topological polar surface area (TPSA) is 66.9 Å². The van der Waals surface area contributed by atoms with E-state index in [0.29, 0.717) is 5.75 Å². The molecule has 1 amide bonds. The van der Waals surface area contributed by atoms with Gasteiger partial charge in [0.2, 0.25) is 11.0 Å². The smallest absolute Gasteiger partial charge is 0.230 e. The Hall–Kier alpha value is -1.90. The van der Waals surface area contributed by atoms with Crippen LogP contribution in [-0.2, 0) is 4.79 Å². The molecule has 8 heteroatoms. The summed E-state index contributed by atoms with van der Waals surface area (Å²) >= 11 is 4.49. The fourth-order valence-electron chi connectivity index (χ4n) is 2.28. The Kier molecular flexibility index (Phi) is 6.29. The molecule has 0 radical (unpaired) electrons. The molecule has 26 heavy (non-hydrogen) atoms. The Bertz CT molecular complexity index is 876. The van der Waals surface area contributed by atoms with E-state index in [1.54, 1.807) is 11.3 Å². The summed E-state index contributed by atoms with van der Waals surface area (Å²) in [5.74, 6) is 0.323. The maximum absolute atomic E-state index is 12.1. The predicted molar refractivity (Wildman–Crippen MR) is 111 cm³/mol. The molecule has 0 aliphatic carbocycles. The molecule has 0 spiro atoms. The predicted octanol–water partition coefficient (Wildman–Crippen LogP) is 4.93. The third kappa shape index (κ3) is 5.06. The largest absolute Gasteiger partial charge is 0.348 e. The van der Waals surface area contributed by atoms with Crippen molar-refractivity contribution >= 4 is 51.2 Å². The van der Waals surface area contributed by atoms with Gasteiger partial charge in [-0.3, -0.25) is 4.79 Å². The summed E-state index contributed by atoms with van der Waals surface area (Å²) in [4.78, 5) is 13.3. The Morgan fingerprint density at radius 3 is 2.81 bits per heavy atom. The number of aromatic nitrogens is 2. The van der Waals surface area contributed by atoms with Crippen molar-refractivity contribution in [2.75, 3.05) is 11.1 Å². The molecule has 5 nitrogen and oxygen atoms in total. The van der Waals surface area contributed by atoms with Gasteiger partial charge in [0.25, 0.3) is 0 Å². The van der Waals surface area contributed by atoms with E-state index in [4.69, 9.17) is 0 Å². The van der Waals surface area contributed by atoms with Gasteiger partial charge in [-0.2, -0.15) is 0 Å². The first-order chi connectivity index (χ1) is 12.5. The number of benzene rings is 1. The summed E-state index contributed by atoms with van der Waals surface area (Å²) in [6, 6.07) is 10.2. The minimum atomic E-state index is -0.00484. The van der Waals surface area contributed by atoms with Crippen molar-refractivity contribution in [1.29, 1.82) is 0 Å². The summed E-state index contributed by atoms with van der Waals surface area (Å²) in [7, 11) is 0. The van der Waals surface area contributed by atoms with Gasteiger partial charge in [0.15, 0.2) is 4.34 Å². The van der Waals surface area contributed by atoms with Crippen LogP contribution in [0.2, 0.25) is 0 Å². The molecule has 0 saturated heterocycles. The zero-order valence-electron chi connectivity index (χ0n) is 14.8. The Morgan fingerprint density at radius 2 is 2.08 bits per heavy atom. The van der Waals surface area contributed by atoms with Gasteiger partial charge in [-0.25, -0.2) is 0 Å². The normalized spacial score (nSPS) is 12.0. The highest BCUT2D eigenvalue weighted by Gasteiger charge is 2.12. The van der Waals surface area contributed by atoms with Crippen LogP contribution >= 0.6 is 34.4 Å². The molecule has 1 aromatic carbocycles. The van der Waals surface area contributed by atoms with E-state index in [0.717, 1.165) is 20.0 Å². The van der Waals surface area contributed by atoms with E-state index in [2.05, 4.69) is 46.8 Å². The van der Waals surface area contributed by atoms with Gasteiger partial charge >= 0.3 is 0 Å². The van der Waals surface area contributed by atoms with Crippen LogP contribution in [-0.4, -0.2) is 21.9 Å². The van der Waals surface area contributed by atoms with Gasteiger partial charge in [0.1, 0.15) is 0 Å². The average molecular weight is 405 g/mol. The number of thiophene rings is 1. The van der Waals surface area contributed by atoms with Crippen molar-refractivity contribution in [2.24, 2.45) is 0 Å². The number of nitrogens with zero attached hydrogens (tertiary/aromatic N) is 2. The number of carbonyl (C=O) groups excluding carboxylic acids is 1. The molecule has 2 heterocycles. The summed E-state index contributed by atoms with van der Waals surface area (Å²) in [6.45, 7) is 6.16. The molecule has 0 saturated carbocycles. The third-order valence-electron chi connectivity index (χ3n) is 3.84. The second kappa shape index (κ2) is 8.66. The summed E-state index contributed by atoms with van der Waals surface area (Å²) < 4.78 is 0.773. The first-order valence-electron chi connectivity index (χ1n) is 8.14. The van der Waals surface area contributed by atoms with Crippen molar-refractivity contribution < 1.29 is 4.79 Å². The first-order valence-corrected chi connectivity index (χ1v) is 10.8. The molecular weight excluding hydrogens is 384 g/mol. The van der Waals surface area contributed by atoms with E-state index in [1.807, 2.05) is 30.5 Å². The molecule has 0 aliphatic heterocycles. The monoisotopic (exact) mass is 404 g/mol. The second-order valence-electron chi connectivity index (χ2n) is 5.89. The Balaban J connectivity index is 1.50. The molecule has 3 aromatic rings. The molecule has 0 aliphatic rings. The van der Waals surface area contributed by atoms with Crippen LogP contribution in [0.5, 0.6) is 0 Å². The van der Waals surface area contributed by atoms with Crippen LogP contribution in [0.4, 0.5) is 10.8 Å². The number of thioether (sulfide) groups is 1. The molecule has 1 unspecified atom stereocenters. The van der Waals surface area contributed by atoms with E-state index < -0.39 is 0 Å². The van der Waals surface area contributed by atoms with E-state index >= 15 is 0 Å². The maximum Gasteiger partial charge on any atom is 0.230 e. The quantitative estimate of drug-likeness (QED) is 0.547. The van der Waals surface area contributed by atoms with Gasteiger partial charge < -0.3 is 10.6 Å². The van der Waals surface area contributed by atoms with Crippen molar-refractivity contribution in [3.05, 3.63) is 51.7 Å². The zero-order chi connectivity index (χ0) is 18.5. The maximum atomic E-state index is 12.1. The highest BCUT2D eigenvalue weighted by Crippen LogP contribution is 2.28. The third-order valence-corrected chi connectivity index (χ3v) is 6.87. The van der Waals surface area contributed by atoms with Crippen LogP contribution in [0.25, 0.3) is 0 Å². The number of hydrogen-bond acceptors (Lipinski definition) is 7. The highest BCUT2D eigenvalue weighted by atomic mass is 32.2. The minimum Gasteiger partial charge on any atom is -0.348 e. The number of nitrogens with one attached hydrogen (secondary N) is 2. The van der Waals surface area contributed by atoms with Gasteiger partial charge in [-0.05, 0) is 55.5 Å². The van der Waals surface area contributed by atoms with Gasteiger partial charge in [-0.15, -0.1) is 21.5 Å². The molecule has 0 fully saturated rings. The molecule has 1 atom stereocenters. The van der Waals surface area contributed by atoms with Crippen LogP contribution in [0.15, 0.2) is 40.1 Å². The van der Waals surface area contributed by atoms with Gasteiger partial charge in [0, 0.05) is 10.6 Å². The van der Waals surface area contributed by atoms with Crippen molar-refractivity contribution in [2.45, 2.75) is 31.2 Å². The summed E-state index contributed by atoms with van der Waals surface area (Å²) in [5, 5.41) is 17.3. The number of amides is 1. The fraction of sp³-hybridized carbons (Fsp3) is 0.278. The van der Waals surface area contributed by atoms with E-state index in [1.165, 1.54) is 34.2 Å². The molecule has 2 aromatic heterocycles. The van der Waals surface area contributed by atoms with Crippen LogP contribution in [0.3, 0.4) is 0 Å². The Labute approximate surface area is 165 Å². The first kappa shape index (κ1) is 18.9. The number of hydrogen-bond donors (Lipinski definition) is 2. The van der Waals surface area contributed by atoms with Crippen molar-refractivity contribution in [3.63, 3.8) is 0 Å². The standard InChI is InChI=1S/C18H20N4OS3/c1-11-6-7-14(9-12(11)2)20-17-21-22-18(26-17)25-10-16(23)19-13(3)15-5-4-8-24-15/h4-9,13H,10H2,1-3H3,(H,19,23)(H,20,21). The highest BCUT2D eigenvalue weighted by molar-refractivity contribution is 8.01. The zero-order valence-corrected chi connectivity index (χ0v) is 17.2. The van der Waals surface area contributed by atoms with Crippen LogP contribution in [0.1, 0.15) is 29.0 Å². The molecule has 136 valence electrons. The molecule has 3 rings (SSSR count). The minimum absolute atomic E-state index is 0.00484. The van der Waals surface area contributed by atoms with E-state index in [9.17, 15) is 4.79 Å². The number of rotatable bonds is 7. The van der Waals surface area contributed by atoms with Crippen molar-refractivity contribution in [1.82, 2.24) is 15.5 Å². The second-order valence-corrected chi connectivity index (χ2v) is 9.07. The molecule has 2 N–H and O–H groups in total.